The number of aliphatic carboxylic acids is 2. The van der Waals surface area contributed by atoms with Crippen LogP contribution in [0.1, 0.15) is 188 Å². The molecule has 4 heteroatoms. The van der Waals surface area contributed by atoms with E-state index in [0.29, 0.717) is 24.2 Å². The summed E-state index contributed by atoms with van der Waals surface area (Å²) in [5.41, 5.74) is 0. The lowest BCUT2D eigenvalue weighted by Gasteiger charge is -2.31. The molecule has 0 radical (unpaired) electrons. The summed E-state index contributed by atoms with van der Waals surface area (Å²) in [5.74, 6) is 0.308. The first-order chi connectivity index (χ1) is 18.9. The summed E-state index contributed by atoms with van der Waals surface area (Å²) < 4.78 is 0. The monoisotopic (exact) mass is 553 g/mol. The van der Waals surface area contributed by atoms with Crippen molar-refractivity contribution < 1.29 is 19.8 Å². The van der Waals surface area contributed by atoms with Gasteiger partial charge in [0.1, 0.15) is 0 Å². The fourth-order valence-corrected chi connectivity index (χ4v) is 6.39. The van der Waals surface area contributed by atoms with Crippen LogP contribution >= 0.6 is 0 Å². The first kappa shape index (κ1) is 37.9. The zero-order valence-electron chi connectivity index (χ0n) is 26.7. The topological polar surface area (TPSA) is 74.6 Å². The molecule has 0 spiro atoms. The quantitative estimate of drug-likeness (QED) is 0.0869. The van der Waals surface area contributed by atoms with Gasteiger partial charge in [-0.25, -0.2) is 0 Å². The van der Waals surface area contributed by atoms with Crippen LogP contribution < -0.4 is 0 Å². The van der Waals surface area contributed by atoms with Gasteiger partial charge in [-0.05, 0) is 43.4 Å². The maximum absolute atomic E-state index is 12.5. The predicted molar refractivity (Wildman–Crippen MR) is 167 cm³/mol. The fourth-order valence-electron chi connectivity index (χ4n) is 6.39. The summed E-state index contributed by atoms with van der Waals surface area (Å²) in [6, 6.07) is 0. The molecule has 2 N–H and O–H groups in total. The van der Waals surface area contributed by atoms with Crippen molar-refractivity contribution in [1.82, 2.24) is 0 Å². The Labute approximate surface area is 243 Å². The highest BCUT2D eigenvalue weighted by molar-refractivity contribution is 5.70. The maximum Gasteiger partial charge on any atom is 0.306 e. The Morgan fingerprint density at radius 3 is 1.23 bits per heavy atom. The number of carbonyl (C=O) groups is 2. The van der Waals surface area contributed by atoms with Crippen molar-refractivity contribution in [3.05, 3.63) is 0 Å². The molecule has 0 aliphatic rings. The van der Waals surface area contributed by atoms with Gasteiger partial charge in [0, 0.05) is 6.42 Å². The van der Waals surface area contributed by atoms with Crippen LogP contribution in [-0.4, -0.2) is 22.2 Å². The van der Waals surface area contributed by atoms with Gasteiger partial charge in [0.15, 0.2) is 0 Å². The second kappa shape index (κ2) is 27.1. The van der Waals surface area contributed by atoms with Crippen LogP contribution in [-0.2, 0) is 9.59 Å². The highest BCUT2D eigenvalue weighted by Gasteiger charge is 2.31. The van der Waals surface area contributed by atoms with Gasteiger partial charge in [-0.3, -0.25) is 9.59 Å². The molecule has 39 heavy (non-hydrogen) atoms. The predicted octanol–water partition coefficient (Wildman–Crippen LogP) is 11.5. The molecule has 0 amide bonds. The minimum atomic E-state index is -0.674. The van der Waals surface area contributed by atoms with Gasteiger partial charge in [-0.2, -0.15) is 0 Å². The highest BCUT2D eigenvalue weighted by atomic mass is 16.4. The molecule has 0 aromatic heterocycles. The van der Waals surface area contributed by atoms with E-state index in [-0.39, 0.29) is 5.92 Å². The van der Waals surface area contributed by atoms with E-state index in [2.05, 4.69) is 27.7 Å². The number of hydrogen-bond donors (Lipinski definition) is 2. The lowest BCUT2D eigenvalue weighted by molar-refractivity contribution is -0.144. The van der Waals surface area contributed by atoms with E-state index >= 15 is 0 Å². The molecule has 0 bridgehead atoms. The summed E-state index contributed by atoms with van der Waals surface area (Å²) >= 11 is 0. The molecule has 3 atom stereocenters. The summed E-state index contributed by atoms with van der Waals surface area (Å²) in [7, 11) is 0. The third-order valence-electron chi connectivity index (χ3n) is 9.15. The van der Waals surface area contributed by atoms with Crippen molar-refractivity contribution in [1.29, 1.82) is 0 Å². The molecule has 0 fully saturated rings. The Hall–Kier alpha value is -1.06. The first-order valence-corrected chi connectivity index (χ1v) is 17.3. The molecule has 0 aliphatic carbocycles. The van der Waals surface area contributed by atoms with Crippen molar-refractivity contribution in [2.75, 3.05) is 0 Å². The fraction of sp³-hybridized carbons (Fsp3) is 0.943. The number of unbranched alkanes of at least 4 members (excludes halogenated alkanes) is 14. The third kappa shape index (κ3) is 22.3. The number of rotatable bonds is 30. The summed E-state index contributed by atoms with van der Waals surface area (Å²) in [5, 5.41) is 18.9. The van der Waals surface area contributed by atoms with Crippen molar-refractivity contribution in [2.24, 2.45) is 23.7 Å². The largest absolute Gasteiger partial charge is 0.481 e. The minimum absolute atomic E-state index is 0.166. The molecule has 4 nitrogen and oxygen atoms in total. The molecule has 0 rings (SSSR count). The number of hydrogen-bond acceptors (Lipinski definition) is 2. The zero-order valence-corrected chi connectivity index (χ0v) is 26.7. The second-order valence-corrected chi connectivity index (χ2v) is 12.5. The average Bonchev–Trinajstić information content (AvgIpc) is 2.91. The highest BCUT2D eigenvalue weighted by Crippen LogP contribution is 2.36. The van der Waals surface area contributed by atoms with E-state index in [0.717, 1.165) is 38.5 Å². The second-order valence-electron chi connectivity index (χ2n) is 12.5. The van der Waals surface area contributed by atoms with Crippen molar-refractivity contribution in [3.8, 4) is 0 Å². The molecule has 0 saturated carbocycles. The van der Waals surface area contributed by atoms with Gasteiger partial charge >= 0.3 is 11.9 Å². The van der Waals surface area contributed by atoms with Crippen LogP contribution in [0, 0.1) is 23.7 Å². The smallest absolute Gasteiger partial charge is 0.306 e. The number of carboxylic acids is 2. The Bertz CT molecular complexity index is 543. The minimum Gasteiger partial charge on any atom is -0.481 e. The normalized spacial score (nSPS) is 14.7. The van der Waals surface area contributed by atoms with E-state index in [1.54, 1.807) is 0 Å². The molecule has 0 aromatic carbocycles. The summed E-state index contributed by atoms with van der Waals surface area (Å²) in [6.07, 6.45) is 28.8. The van der Waals surface area contributed by atoms with Gasteiger partial charge in [0.05, 0.1) is 5.92 Å². The lowest BCUT2D eigenvalue weighted by Crippen LogP contribution is -2.28. The molecule has 0 saturated heterocycles. The van der Waals surface area contributed by atoms with E-state index in [1.165, 1.54) is 116 Å². The van der Waals surface area contributed by atoms with E-state index in [1.807, 2.05) is 0 Å². The molecule has 0 aliphatic heterocycles. The standard InChI is InChI=1S/C35H68O4/c1-5-9-24-30(7-3)28-32(29-31(8-4)25-10-6-2)33(35(38)39)26-22-20-18-16-14-12-11-13-15-17-19-21-23-27-34(36)37/h30-33H,5-29H2,1-4H3,(H,36,37)(H,38,39). The molecule has 0 aromatic rings. The molecular weight excluding hydrogens is 484 g/mol. The Balaban J connectivity index is 4.39. The van der Waals surface area contributed by atoms with E-state index in [9.17, 15) is 14.7 Å². The zero-order chi connectivity index (χ0) is 29.1. The van der Waals surface area contributed by atoms with Gasteiger partial charge in [-0.1, -0.05) is 156 Å². The average molecular weight is 553 g/mol. The van der Waals surface area contributed by atoms with Crippen LogP contribution in [0.4, 0.5) is 0 Å². The molecule has 3 unspecified atom stereocenters. The first-order valence-electron chi connectivity index (χ1n) is 17.3. The van der Waals surface area contributed by atoms with Gasteiger partial charge in [0.25, 0.3) is 0 Å². The SMILES string of the molecule is CCCCC(CC)CC(CC(CC)CCCC)C(CCCCCCCCCCCCCCCC(=O)O)C(=O)O. The Morgan fingerprint density at radius 1 is 0.513 bits per heavy atom. The summed E-state index contributed by atoms with van der Waals surface area (Å²) in [4.78, 5) is 23.0. The van der Waals surface area contributed by atoms with Crippen LogP contribution in [0.25, 0.3) is 0 Å². The molecular formula is C35H68O4. The summed E-state index contributed by atoms with van der Waals surface area (Å²) in [6.45, 7) is 9.12. The van der Waals surface area contributed by atoms with Gasteiger partial charge in [-0.15, -0.1) is 0 Å². The lowest BCUT2D eigenvalue weighted by atomic mass is 9.74. The Kier molecular flexibility index (Phi) is 26.4. The van der Waals surface area contributed by atoms with Crippen molar-refractivity contribution in [2.45, 2.75) is 188 Å². The van der Waals surface area contributed by atoms with E-state index in [4.69, 9.17) is 5.11 Å². The van der Waals surface area contributed by atoms with Crippen molar-refractivity contribution >= 4 is 11.9 Å². The van der Waals surface area contributed by atoms with Gasteiger partial charge < -0.3 is 10.2 Å². The third-order valence-corrected chi connectivity index (χ3v) is 9.15. The van der Waals surface area contributed by atoms with Crippen molar-refractivity contribution in [3.63, 3.8) is 0 Å². The molecule has 0 heterocycles. The van der Waals surface area contributed by atoms with E-state index < -0.39 is 11.9 Å². The molecule has 232 valence electrons. The van der Waals surface area contributed by atoms with Crippen LogP contribution in [0.5, 0.6) is 0 Å². The van der Waals surface area contributed by atoms with Gasteiger partial charge in [0.2, 0.25) is 0 Å². The van der Waals surface area contributed by atoms with Crippen LogP contribution in [0.2, 0.25) is 0 Å². The Morgan fingerprint density at radius 2 is 0.897 bits per heavy atom. The van der Waals surface area contributed by atoms with Crippen LogP contribution in [0.15, 0.2) is 0 Å². The maximum atomic E-state index is 12.5. The number of carboxylic acid groups (broad SMARTS) is 2. The van der Waals surface area contributed by atoms with Crippen LogP contribution in [0.3, 0.4) is 0 Å².